The molecular formula is C12H16ClNO2S. The molecule has 1 amide bonds. The summed E-state index contributed by atoms with van der Waals surface area (Å²) >= 11 is 7.49. The topological polar surface area (TPSA) is 49.3 Å². The van der Waals surface area contributed by atoms with Crippen molar-refractivity contribution in [3.05, 3.63) is 28.8 Å². The first-order chi connectivity index (χ1) is 8.04. The molecule has 0 spiro atoms. The number of thioether (sulfide) groups is 1. The van der Waals surface area contributed by atoms with Gasteiger partial charge in [-0.15, -0.1) is 0 Å². The molecule has 0 aliphatic carbocycles. The normalized spacial score (nSPS) is 12.2. The van der Waals surface area contributed by atoms with E-state index in [2.05, 4.69) is 12.2 Å². The molecule has 0 heterocycles. The van der Waals surface area contributed by atoms with Crippen molar-refractivity contribution in [2.75, 3.05) is 18.6 Å². The van der Waals surface area contributed by atoms with Crippen molar-refractivity contribution < 1.29 is 9.90 Å². The summed E-state index contributed by atoms with van der Waals surface area (Å²) in [6.45, 7) is 2.72. The molecule has 0 aliphatic heterocycles. The lowest BCUT2D eigenvalue weighted by Gasteiger charge is -2.11. The second kappa shape index (κ2) is 6.77. The summed E-state index contributed by atoms with van der Waals surface area (Å²) in [6, 6.07) is 4.43. The van der Waals surface area contributed by atoms with Crippen molar-refractivity contribution in [1.29, 1.82) is 0 Å². The number of phenolic OH excluding ortho intramolecular Hbond substituents is 1. The van der Waals surface area contributed by atoms with Gasteiger partial charge in [0.1, 0.15) is 5.75 Å². The van der Waals surface area contributed by atoms with Crippen LogP contribution < -0.4 is 5.32 Å². The molecule has 94 valence electrons. The molecule has 5 heteroatoms. The molecule has 1 rings (SSSR count). The lowest BCUT2D eigenvalue weighted by molar-refractivity contribution is 0.0949. The van der Waals surface area contributed by atoms with Crippen molar-refractivity contribution in [2.45, 2.75) is 6.92 Å². The van der Waals surface area contributed by atoms with Gasteiger partial charge in [-0.25, -0.2) is 0 Å². The zero-order valence-electron chi connectivity index (χ0n) is 9.87. The molecule has 1 atom stereocenters. The zero-order chi connectivity index (χ0) is 12.8. The van der Waals surface area contributed by atoms with E-state index in [1.165, 1.54) is 12.1 Å². The number of aromatic hydroxyl groups is 1. The van der Waals surface area contributed by atoms with Crippen LogP contribution >= 0.6 is 23.4 Å². The van der Waals surface area contributed by atoms with Crippen LogP contribution in [0.5, 0.6) is 5.75 Å². The van der Waals surface area contributed by atoms with E-state index in [0.717, 1.165) is 5.75 Å². The number of benzene rings is 1. The van der Waals surface area contributed by atoms with Crippen molar-refractivity contribution in [2.24, 2.45) is 5.92 Å². The Kier molecular flexibility index (Phi) is 5.65. The summed E-state index contributed by atoms with van der Waals surface area (Å²) < 4.78 is 0. The highest BCUT2D eigenvalue weighted by atomic mass is 35.5. The maximum Gasteiger partial charge on any atom is 0.251 e. The molecule has 17 heavy (non-hydrogen) atoms. The number of hydrogen-bond donors (Lipinski definition) is 2. The third-order valence-corrected chi connectivity index (χ3v) is 3.48. The summed E-state index contributed by atoms with van der Waals surface area (Å²) in [7, 11) is 0. The highest BCUT2D eigenvalue weighted by molar-refractivity contribution is 7.98. The fourth-order valence-corrected chi connectivity index (χ4v) is 2.23. The average molecular weight is 274 g/mol. The van der Waals surface area contributed by atoms with Crippen molar-refractivity contribution in [1.82, 2.24) is 5.32 Å². The van der Waals surface area contributed by atoms with Gasteiger partial charge in [0.25, 0.3) is 5.91 Å². The van der Waals surface area contributed by atoms with E-state index in [9.17, 15) is 9.90 Å². The van der Waals surface area contributed by atoms with Crippen LogP contribution in [0.3, 0.4) is 0 Å². The molecule has 0 aliphatic rings. The molecule has 1 aromatic rings. The number of nitrogens with one attached hydrogen (secondary N) is 1. The van der Waals surface area contributed by atoms with Gasteiger partial charge in [-0.2, -0.15) is 11.8 Å². The Morgan fingerprint density at radius 3 is 2.88 bits per heavy atom. The molecule has 0 fully saturated rings. The second-order valence-electron chi connectivity index (χ2n) is 3.94. The van der Waals surface area contributed by atoms with Crippen LogP contribution in [0.25, 0.3) is 0 Å². The summed E-state index contributed by atoms with van der Waals surface area (Å²) in [5.41, 5.74) is 0.462. The minimum atomic E-state index is -0.167. The summed E-state index contributed by atoms with van der Waals surface area (Å²) in [4.78, 5) is 11.8. The van der Waals surface area contributed by atoms with E-state index in [1.54, 1.807) is 17.8 Å². The lowest BCUT2D eigenvalue weighted by Crippen LogP contribution is -2.29. The van der Waals surface area contributed by atoms with Gasteiger partial charge >= 0.3 is 0 Å². The van der Waals surface area contributed by atoms with Crippen LogP contribution in [-0.2, 0) is 0 Å². The van der Waals surface area contributed by atoms with Gasteiger partial charge in [0.05, 0.1) is 5.02 Å². The van der Waals surface area contributed by atoms with Gasteiger partial charge in [-0.05, 0) is 36.1 Å². The predicted octanol–water partition coefficient (Wildman–Crippen LogP) is 2.77. The minimum Gasteiger partial charge on any atom is -0.506 e. The fourth-order valence-electron chi connectivity index (χ4n) is 1.36. The monoisotopic (exact) mass is 273 g/mol. The van der Waals surface area contributed by atoms with E-state index in [0.29, 0.717) is 18.0 Å². The van der Waals surface area contributed by atoms with Crippen molar-refractivity contribution in [3.63, 3.8) is 0 Å². The number of carbonyl (C=O) groups excluding carboxylic acids is 1. The van der Waals surface area contributed by atoms with E-state index < -0.39 is 0 Å². The minimum absolute atomic E-state index is 0.0148. The molecular weight excluding hydrogens is 258 g/mol. The Hall–Kier alpha value is -0.870. The molecule has 0 aromatic heterocycles. The third kappa shape index (κ3) is 4.48. The molecule has 3 nitrogen and oxygen atoms in total. The highest BCUT2D eigenvalue weighted by Gasteiger charge is 2.09. The standard InChI is InChI=1S/C12H16ClNO2S/c1-8(7-17-2)6-14-12(16)9-3-4-11(15)10(13)5-9/h3-5,8,15H,6-7H2,1-2H3,(H,14,16). The first-order valence-electron chi connectivity index (χ1n) is 5.30. The maximum atomic E-state index is 11.8. The second-order valence-corrected chi connectivity index (χ2v) is 5.25. The smallest absolute Gasteiger partial charge is 0.251 e. The van der Waals surface area contributed by atoms with Crippen LogP contribution in [0, 0.1) is 5.92 Å². The third-order valence-electron chi connectivity index (χ3n) is 2.27. The number of amides is 1. The van der Waals surface area contributed by atoms with Gasteiger partial charge in [0, 0.05) is 12.1 Å². The van der Waals surface area contributed by atoms with Gasteiger partial charge in [-0.3, -0.25) is 4.79 Å². The Morgan fingerprint density at radius 1 is 1.59 bits per heavy atom. The van der Waals surface area contributed by atoms with Gasteiger partial charge < -0.3 is 10.4 Å². The van der Waals surface area contributed by atoms with Crippen molar-refractivity contribution in [3.8, 4) is 5.75 Å². The Bertz CT molecular complexity index is 398. The average Bonchev–Trinajstić information content (AvgIpc) is 2.30. The van der Waals surface area contributed by atoms with E-state index in [1.807, 2.05) is 6.26 Å². The van der Waals surface area contributed by atoms with Crippen LogP contribution in [-0.4, -0.2) is 29.6 Å². The van der Waals surface area contributed by atoms with Crippen LogP contribution in [0.15, 0.2) is 18.2 Å². The van der Waals surface area contributed by atoms with Gasteiger partial charge in [-0.1, -0.05) is 18.5 Å². The Labute approximate surface area is 111 Å². The summed E-state index contributed by atoms with van der Waals surface area (Å²) in [5, 5.41) is 12.3. The predicted molar refractivity (Wildman–Crippen MR) is 73.0 cm³/mol. The first-order valence-corrected chi connectivity index (χ1v) is 7.07. The molecule has 2 N–H and O–H groups in total. The number of phenols is 1. The Balaban J connectivity index is 2.55. The molecule has 1 aromatic carbocycles. The number of halogens is 1. The first kappa shape index (κ1) is 14.2. The molecule has 0 radical (unpaired) electrons. The summed E-state index contributed by atoms with van der Waals surface area (Å²) in [6.07, 6.45) is 2.04. The number of rotatable bonds is 5. The molecule has 0 saturated heterocycles. The molecule has 0 bridgehead atoms. The quantitative estimate of drug-likeness (QED) is 0.867. The lowest BCUT2D eigenvalue weighted by atomic mass is 10.2. The number of carbonyl (C=O) groups is 1. The SMILES string of the molecule is CSCC(C)CNC(=O)c1ccc(O)c(Cl)c1. The molecule has 1 unspecified atom stereocenters. The summed E-state index contributed by atoms with van der Waals surface area (Å²) in [5.74, 6) is 1.26. The van der Waals surface area contributed by atoms with E-state index in [-0.39, 0.29) is 16.7 Å². The van der Waals surface area contributed by atoms with Crippen LogP contribution in [0.4, 0.5) is 0 Å². The van der Waals surface area contributed by atoms with E-state index in [4.69, 9.17) is 11.6 Å². The van der Waals surface area contributed by atoms with Crippen LogP contribution in [0.2, 0.25) is 5.02 Å². The van der Waals surface area contributed by atoms with Crippen LogP contribution in [0.1, 0.15) is 17.3 Å². The Morgan fingerprint density at radius 2 is 2.29 bits per heavy atom. The van der Waals surface area contributed by atoms with Gasteiger partial charge in [0.2, 0.25) is 0 Å². The fraction of sp³-hybridized carbons (Fsp3) is 0.417. The highest BCUT2D eigenvalue weighted by Crippen LogP contribution is 2.23. The zero-order valence-corrected chi connectivity index (χ0v) is 11.4. The van der Waals surface area contributed by atoms with E-state index >= 15 is 0 Å². The maximum absolute atomic E-state index is 11.8. The molecule has 0 saturated carbocycles. The number of hydrogen-bond acceptors (Lipinski definition) is 3. The van der Waals surface area contributed by atoms with Crippen molar-refractivity contribution >= 4 is 29.3 Å². The van der Waals surface area contributed by atoms with Gasteiger partial charge in [0.15, 0.2) is 0 Å². The largest absolute Gasteiger partial charge is 0.506 e.